The largest absolute Gasteiger partial charge is 0.457 e. The van der Waals surface area contributed by atoms with E-state index in [4.69, 9.17) is 9.47 Å². The average molecular weight is 467 g/mol. The summed E-state index contributed by atoms with van der Waals surface area (Å²) in [5.74, 6) is 3.44. The van der Waals surface area contributed by atoms with Crippen LogP contribution >= 0.6 is 0 Å². The molecule has 2 heteroatoms. The Morgan fingerprint density at radius 2 is 0.647 bits per heavy atom. The molecule has 0 aliphatic heterocycles. The van der Waals surface area contributed by atoms with E-state index in [0.717, 1.165) is 34.1 Å². The Morgan fingerprint density at radius 1 is 0.353 bits per heavy atom. The van der Waals surface area contributed by atoms with Crippen molar-refractivity contribution in [2.24, 2.45) is 0 Å². The molecule has 0 saturated heterocycles. The first-order valence-corrected chi connectivity index (χ1v) is 12.9. The molecule has 2 nitrogen and oxygen atoms in total. The van der Waals surface area contributed by atoms with Crippen LogP contribution in [0, 0.1) is 41.5 Å². The van der Waals surface area contributed by atoms with Gasteiger partial charge in [-0.25, -0.2) is 0 Å². The van der Waals surface area contributed by atoms with E-state index in [1.807, 2.05) is 93.5 Å². The van der Waals surface area contributed by atoms with Gasteiger partial charge >= 0.3 is 0 Å². The second-order valence-corrected chi connectivity index (χ2v) is 7.08. The molecule has 0 spiro atoms. The van der Waals surface area contributed by atoms with Crippen LogP contribution < -0.4 is 9.47 Å². The van der Waals surface area contributed by atoms with E-state index in [9.17, 15) is 0 Å². The minimum absolute atomic E-state index is 0.859. The first kappa shape index (κ1) is 33.4. The van der Waals surface area contributed by atoms with Crippen molar-refractivity contribution in [1.29, 1.82) is 0 Å². The molecular formula is C32H50O2. The molecule has 0 aliphatic carbocycles. The van der Waals surface area contributed by atoms with Gasteiger partial charge in [-0.1, -0.05) is 67.5 Å². The van der Waals surface area contributed by atoms with Crippen LogP contribution in [0.25, 0.3) is 0 Å². The molecule has 0 radical (unpaired) electrons. The Morgan fingerprint density at radius 3 is 0.912 bits per heavy atom. The second-order valence-electron chi connectivity index (χ2n) is 7.08. The van der Waals surface area contributed by atoms with Gasteiger partial charge in [0, 0.05) is 0 Å². The summed E-state index contributed by atoms with van der Waals surface area (Å²) in [7, 11) is 0. The van der Waals surface area contributed by atoms with E-state index in [2.05, 4.69) is 52.0 Å². The standard InChI is InChI=1S/C24H26O2.4C2H6/c1-15-7-9-21(11-17(15)3)25-23-13-20(6)24(14-19(23)5)26-22-10-8-16(2)18(4)12-22;4*1-2/h7-14H,1-6H3;4*1-2H3. The van der Waals surface area contributed by atoms with Gasteiger partial charge < -0.3 is 9.47 Å². The summed E-state index contributed by atoms with van der Waals surface area (Å²) in [6.07, 6.45) is 0. The second kappa shape index (κ2) is 18.7. The predicted octanol–water partition coefficient (Wildman–Crippen LogP) is 11.2. The van der Waals surface area contributed by atoms with Crippen molar-refractivity contribution in [2.45, 2.75) is 96.9 Å². The summed E-state index contributed by atoms with van der Waals surface area (Å²) < 4.78 is 12.2. The highest BCUT2D eigenvalue weighted by molar-refractivity contribution is 5.49. The van der Waals surface area contributed by atoms with Gasteiger partial charge in [-0.3, -0.25) is 0 Å². The van der Waals surface area contributed by atoms with Crippen molar-refractivity contribution < 1.29 is 9.47 Å². The van der Waals surface area contributed by atoms with Gasteiger partial charge in [0.1, 0.15) is 23.0 Å². The van der Waals surface area contributed by atoms with Crippen LogP contribution in [-0.4, -0.2) is 0 Å². The Balaban J connectivity index is 0. The lowest BCUT2D eigenvalue weighted by molar-refractivity contribution is 0.462. The van der Waals surface area contributed by atoms with Crippen molar-refractivity contribution in [3.8, 4) is 23.0 Å². The highest BCUT2D eigenvalue weighted by Crippen LogP contribution is 2.34. The quantitative estimate of drug-likeness (QED) is 0.380. The van der Waals surface area contributed by atoms with Crippen molar-refractivity contribution in [3.05, 3.63) is 81.9 Å². The molecule has 0 bridgehead atoms. The summed E-state index contributed by atoms with van der Waals surface area (Å²) in [6.45, 7) is 28.5. The maximum absolute atomic E-state index is 6.11. The smallest absolute Gasteiger partial charge is 0.130 e. The maximum atomic E-state index is 6.11. The Bertz CT molecular complexity index is 876. The van der Waals surface area contributed by atoms with Crippen LogP contribution in [0.2, 0.25) is 0 Å². The van der Waals surface area contributed by atoms with E-state index in [1.54, 1.807) is 0 Å². The predicted molar refractivity (Wildman–Crippen MR) is 153 cm³/mol. The van der Waals surface area contributed by atoms with Crippen molar-refractivity contribution in [3.63, 3.8) is 0 Å². The minimum Gasteiger partial charge on any atom is -0.457 e. The fourth-order valence-electron chi connectivity index (χ4n) is 2.79. The fraction of sp³-hybridized carbons (Fsp3) is 0.438. The van der Waals surface area contributed by atoms with E-state index in [0.29, 0.717) is 0 Å². The molecule has 0 aliphatic rings. The lowest BCUT2D eigenvalue weighted by Crippen LogP contribution is -1.94. The lowest BCUT2D eigenvalue weighted by atomic mass is 10.1. The monoisotopic (exact) mass is 466 g/mol. The molecule has 34 heavy (non-hydrogen) atoms. The Kier molecular flexibility index (Phi) is 18.3. The van der Waals surface area contributed by atoms with E-state index < -0.39 is 0 Å². The molecule has 0 aromatic heterocycles. The molecule has 0 saturated carbocycles. The zero-order chi connectivity index (χ0) is 26.8. The maximum Gasteiger partial charge on any atom is 0.130 e. The first-order valence-electron chi connectivity index (χ1n) is 12.9. The minimum atomic E-state index is 0.859. The molecule has 0 unspecified atom stereocenters. The molecule has 3 aromatic rings. The van der Waals surface area contributed by atoms with Crippen LogP contribution in [0.4, 0.5) is 0 Å². The van der Waals surface area contributed by atoms with Crippen LogP contribution in [-0.2, 0) is 0 Å². The number of hydrogen-bond donors (Lipinski definition) is 0. The van der Waals surface area contributed by atoms with Crippen molar-refractivity contribution >= 4 is 0 Å². The highest BCUT2D eigenvalue weighted by atomic mass is 16.5. The zero-order valence-corrected chi connectivity index (χ0v) is 24.4. The number of aryl methyl sites for hydroxylation is 6. The van der Waals surface area contributed by atoms with Crippen molar-refractivity contribution in [2.75, 3.05) is 0 Å². The molecule has 190 valence electrons. The summed E-state index contributed by atoms with van der Waals surface area (Å²) >= 11 is 0. The molecule has 0 amide bonds. The Hall–Kier alpha value is -2.74. The third-order valence-corrected chi connectivity index (χ3v) is 4.88. The van der Waals surface area contributed by atoms with Crippen molar-refractivity contribution in [1.82, 2.24) is 0 Å². The first-order chi connectivity index (χ1) is 16.3. The fourth-order valence-corrected chi connectivity index (χ4v) is 2.79. The van der Waals surface area contributed by atoms with Gasteiger partial charge in [-0.05, 0) is 111 Å². The van der Waals surface area contributed by atoms with E-state index >= 15 is 0 Å². The van der Waals surface area contributed by atoms with E-state index in [1.165, 1.54) is 22.3 Å². The molecular weight excluding hydrogens is 416 g/mol. The van der Waals surface area contributed by atoms with E-state index in [-0.39, 0.29) is 0 Å². The van der Waals surface area contributed by atoms with Gasteiger partial charge in [0.05, 0.1) is 0 Å². The van der Waals surface area contributed by atoms with Gasteiger partial charge in [0.25, 0.3) is 0 Å². The molecule has 0 atom stereocenters. The lowest BCUT2D eigenvalue weighted by Gasteiger charge is -2.15. The molecule has 3 rings (SSSR count). The van der Waals surface area contributed by atoms with Gasteiger partial charge in [-0.2, -0.15) is 0 Å². The topological polar surface area (TPSA) is 18.5 Å². The molecule has 3 aromatic carbocycles. The summed E-state index contributed by atoms with van der Waals surface area (Å²) in [5, 5.41) is 0. The van der Waals surface area contributed by atoms with Gasteiger partial charge in [0.15, 0.2) is 0 Å². The zero-order valence-electron chi connectivity index (χ0n) is 24.4. The van der Waals surface area contributed by atoms with Crippen LogP contribution in [0.3, 0.4) is 0 Å². The van der Waals surface area contributed by atoms with Gasteiger partial charge in [0.2, 0.25) is 0 Å². The Labute approximate surface area is 211 Å². The third kappa shape index (κ3) is 10.5. The van der Waals surface area contributed by atoms with Crippen LogP contribution in [0.1, 0.15) is 88.8 Å². The summed E-state index contributed by atoms with van der Waals surface area (Å²) in [4.78, 5) is 0. The van der Waals surface area contributed by atoms with Gasteiger partial charge in [-0.15, -0.1) is 0 Å². The number of ether oxygens (including phenoxy) is 2. The summed E-state index contributed by atoms with van der Waals surface area (Å²) in [5.41, 5.74) is 7.09. The van der Waals surface area contributed by atoms with Crippen LogP contribution in [0.15, 0.2) is 48.5 Å². The normalized spacial score (nSPS) is 8.88. The van der Waals surface area contributed by atoms with Crippen LogP contribution in [0.5, 0.6) is 23.0 Å². The molecule has 0 N–H and O–H groups in total. The number of rotatable bonds is 4. The number of benzene rings is 3. The number of hydrogen-bond acceptors (Lipinski definition) is 2. The molecule has 0 heterocycles. The third-order valence-electron chi connectivity index (χ3n) is 4.88. The average Bonchev–Trinajstić information content (AvgIpc) is 2.87. The SMILES string of the molecule is CC.CC.CC.CC.Cc1ccc(Oc2cc(C)c(Oc3ccc(C)c(C)c3)cc2C)cc1C. The molecule has 0 fully saturated rings. The highest BCUT2D eigenvalue weighted by Gasteiger charge is 2.10. The summed E-state index contributed by atoms with van der Waals surface area (Å²) in [6, 6.07) is 16.4.